The molecule has 0 spiro atoms. The van der Waals surface area contributed by atoms with Crippen molar-refractivity contribution in [2.75, 3.05) is 31.1 Å². The average Bonchev–Trinajstić information content (AvgIpc) is 3.48. The van der Waals surface area contributed by atoms with Crippen molar-refractivity contribution < 1.29 is 19.4 Å². The Hall–Kier alpha value is -3.42. The number of rotatable bonds is 10. The van der Waals surface area contributed by atoms with E-state index < -0.39 is 5.97 Å². The van der Waals surface area contributed by atoms with E-state index in [-0.39, 0.29) is 24.3 Å². The molecule has 38 heavy (non-hydrogen) atoms. The van der Waals surface area contributed by atoms with Gasteiger partial charge in [0.1, 0.15) is 17.3 Å². The summed E-state index contributed by atoms with van der Waals surface area (Å²) in [7, 11) is 0. The maximum Gasteiger partial charge on any atom is 0.341 e. The molecule has 3 aliphatic rings. The molecule has 2 fully saturated rings. The quantitative estimate of drug-likeness (QED) is 0.471. The van der Waals surface area contributed by atoms with Crippen LogP contribution in [0.5, 0.6) is 5.75 Å². The number of anilines is 1. The normalized spacial score (nSPS) is 17.2. The van der Waals surface area contributed by atoms with Gasteiger partial charge in [0.2, 0.25) is 0 Å². The molecule has 8 nitrogen and oxygen atoms in total. The van der Waals surface area contributed by atoms with Gasteiger partial charge in [-0.1, -0.05) is 32.9 Å². The molecule has 0 amide bonds. The largest absolute Gasteiger partial charge is 0.479 e. The molecule has 3 heterocycles. The lowest BCUT2D eigenvalue weighted by atomic mass is 9.84. The first-order chi connectivity index (χ1) is 18.1. The van der Waals surface area contributed by atoms with E-state index in [1.165, 1.54) is 12.8 Å². The van der Waals surface area contributed by atoms with Crippen molar-refractivity contribution in [1.29, 1.82) is 5.41 Å². The Balaban J connectivity index is 1.30. The first-order valence-electron chi connectivity index (χ1n) is 13.7. The molecule has 1 aromatic carbocycles. The molecule has 0 radical (unpaired) electrons. The second kappa shape index (κ2) is 10.4. The van der Waals surface area contributed by atoms with Gasteiger partial charge in [-0.25, -0.2) is 9.78 Å². The number of hydrogen-bond acceptors (Lipinski definition) is 6. The van der Waals surface area contributed by atoms with E-state index in [0.717, 1.165) is 59.7 Å². The van der Waals surface area contributed by atoms with Crippen molar-refractivity contribution in [3.05, 3.63) is 52.3 Å². The number of aromatic nitrogens is 1. The highest BCUT2D eigenvalue weighted by Gasteiger charge is 2.31. The Labute approximate surface area is 224 Å². The maximum atomic E-state index is 13.1. The average molecular weight is 519 g/mol. The smallest absolute Gasteiger partial charge is 0.341 e. The number of carboxylic acids is 1. The van der Waals surface area contributed by atoms with Crippen LogP contribution in [0.2, 0.25) is 0 Å². The minimum Gasteiger partial charge on any atom is -0.479 e. The van der Waals surface area contributed by atoms with Crippen LogP contribution in [-0.2, 0) is 28.0 Å². The van der Waals surface area contributed by atoms with Crippen LogP contribution in [0.25, 0.3) is 0 Å². The van der Waals surface area contributed by atoms with Crippen LogP contribution in [0, 0.1) is 5.41 Å². The number of aliphatic carboxylic acids is 1. The van der Waals surface area contributed by atoms with Crippen LogP contribution in [0.1, 0.15) is 86.9 Å². The van der Waals surface area contributed by atoms with Gasteiger partial charge in [-0.3, -0.25) is 10.2 Å². The summed E-state index contributed by atoms with van der Waals surface area (Å²) in [5.41, 5.74) is 5.49. The highest BCUT2D eigenvalue weighted by Crippen LogP contribution is 2.42. The Morgan fingerprint density at radius 2 is 1.89 bits per heavy atom. The number of benzene rings is 1. The summed E-state index contributed by atoms with van der Waals surface area (Å²) in [4.78, 5) is 33.2. The number of aryl methyl sites for hydroxylation is 1. The minimum atomic E-state index is -1.000. The lowest BCUT2D eigenvalue weighted by Gasteiger charge is -2.29. The predicted molar refractivity (Wildman–Crippen MR) is 146 cm³/mol. The number of fused-ring (bicyclic) bond motifs is 1. The fourth-order valence-electron chi connectivity index (χ4n) is 5.44. The van der Waals surface area contributed by atoms with Gasteiger partial charge in [0, 0.05) is 48.8 Å². The molecule has 2 N–H and O–H groups in total. The molecular formula is C30H38N4O4. The molecule has 1 saturated heterocycles. The van der Waals surface area contributed by atoms with Crippen molar-refractivity contribution in [3.63, 3.8) is 0 Å². The molecule has 5 rings (SSSR count). The van der Waals surface area contributed by atoms with Gasteiger partial charge >= 0.3 is 5.97 Å². The van der Waals surface area contributed by atoms with Gasteiger partial charge in [0.15, 0.2) is 12.4 Å². The number of amidine groups is 1. The fourth-order valence-corrected chi connectivity index (χ4v) is 5.44. The van der Waals surface area contributed by atoms with E-state index in [9.17, 15) is 14.7 Å². The SMILES string of the molecule is CC(C)(C)c1cc(CCC(=O)CN2Cc3ccc(C4CC4)nc3C2=N)cc(N2CCCC2)c1OCC(=O)O. The van der Waals surface area contributed by atoms with Gasteiger partial charge in [-0.05, 0) is 55.2 Å². The number of ketones is 1. The van der Waals surface area contributed by atoms with Crippen molar-refractivity contribution >= 4 is 23.3 Å². The number of Topliss-reactive ketones (excluding diaryl/α,β-unsaturated/α-hetero) is 1. The van der Waals surface area contributed by atoms with Gasteiger partial charge in [-0.15, -0.1) is 0 Å². The Morgan fingerprint density at radius 3 is 2.55 bits per heavy atom. The van der Waals surface area contributed by atoms with Crippen LogP contribution in [0.4, 0.5) is 5.69 Å². The second-order valence-corrected chi connectivity index (χ2v) is 11.9. The van der Waals surface area contributed by atoms with Crippen LogP contribution in [0.3, 0.4) is 0 Å². The Bertz CT molecular complexity index is 1260. The van der Waals surface area contributed by atoms with Crippen molar-refractivity contribution in [3.8, 4) is 5.75 Å². The molecule has 1 aromatic heterocycles. The van der Waals surface area contributed by atoms with Crippen LogP contribution >= 0.6 is 0 Å². The van der Waals surface area contributed by atoms with Gasteiger partial charge < -0.3 is 19.6 Å². The Kier molecular flexibility index (Phi) is 7.16. The van der Waals surface area contributed by atoms with Crippen molar-refractivity contribution in [2.24, 2.45) is 0 Å². The van der Waals surface area contributed by atoms with Crippen LogP contribution < -0.4 is 9.64 Å². The lowest BCUT2D eigenvalue weighted by molar-refractivity contribution is -0.139. The standard InChI is InChI=1S/C30H38N4O4/c1-30(2,3)23-14-19(15-25(33-12-4-5-13-33)28(23)38-18-26(36)37)6-10-22(35)17-34-16-21-9-11-24(20-7-8-20)32-27(21)29(34)31/h9,11,14-15,20,31H,4-8,10,12-13,16-18H2,1-3H3,(H,36,37). The zero-order chi connectivity index (χ0) is 27.0. The molecule has 2 aromatic rings. The summed E-state index contributed by atoms with van der Waals surface area (Å²) >= 11 is 0. The summed E-state index contributed by atoms with van der Waals surface area (Å²) in [6.45, 7) is 8.48. The van der Waals surface area contributed by atoms with E-state index in [2.05, 4.69) is 49.9 Å². The molecule has 0 unspecified atom stereocenters. The summed E-state index contributed by atoms with van der Waals surface area (Å²) in [5.74, 6) is 0.616. The van der Waals surface area contributed by atoms with Gasteiger partial charge in [0.25, 0.3) is 0 Å². The Morgan fingerprint density at radius 1 is 1.16 bits per heavy atom. The summed E-state index contributed by atoms with van der Waals surface area (Å²) < 4.78 is 5.86. The van der Waals surface area contributed by atoms with Gasteiger partial charge in [0.05, 0.1) is 12.2 Å². The molecule has 1 aliphatic carbocycles. The highest BCUT2D eigenvalue weighted by molar-refractivity contribution is 6.00. The maximum absolute atomic E-state index is 13.1. The highest BCUT2D eigenvalue weighted by atomic mass is 16.5. The van der Waals surface area contributed by atoms with Crippen molar-refractivity contribution in [2.45, 2.75) is 77.2 Å². The van der Waals surface area contributed by atoms with E-state index in [1.807, 2.05) is 4.90 Å². The molecule has 0 atom stereocenters. The van der Waals surface area contributed by atoms with E-state index >= 15 is 0 Å². The first-order valence-corrected chi connectivity index (χ1v) is 13.7. The summed E-state index contributed by atoms with van der Waals surface area (Å²) in [6.07, 6.45) is 5.48. The van der Waals surface area contributed by atoms with Crippen molar-refractivity contribution in [1.82, 2.24) is 9.88 Å². The molecule has 202 valence electrons. The molecular weight excluding hydrogens is 480 g/mol. The monoisotopic (exact) mass is 518 g/mol. The lowest BCUT2D eigenvalue weighted by Crippen LogP contribution is -2.30. The van der Waals surface area contributed by atoms with E-state index in [0.29, 0.717) is 36.9 Å². The van der Waals surface area contributed by atoms with E-state index in [4.69, 9.17) is 15.1 Å². The zero-order valence-corrected chi connectivity index (χ0v) is 22.7. The number of hydrogen-bond donors (Lipinski definition) is 2. The molecule has 1 saturated carbocycles. The predicted octanol–water partition coefficient (Wildman–Crippen LogP) is 4.66. The third kappa shape index (κ3) is 5.69. The molecule has 2 aliphatic heterocycles. The number of carbonyl (C=O) groups excluding carboxylic acids is 1. The number of carbonyl (C=O) groups is 2. The topological polar surface area (TPSA) is 107 Å². The van der Waals surface area contributed by atoms with E-state index in [1.54, 1.807) is 0 Å². The zero-order valence-electron chi connectivity index (χ0n) is 22.7. The van der Waals surface area contributed by atoms with Crippen LogP contribution in [-0.4, -0.2) is 58.8 Å². The number of pyridine rings is 1. The number of nitrogens with zero attached hydrogens (tertiary/aromatic N) is 3. The number of ether oxygens (including phenoxy) is 1. The number of nitrogens with one attached hydrogen (secondary N) is 1. The minimum absolute atomic E-state index is 0.0937. The van der Waals surface area contributed by atoms with Gasteiger partial charge in [-0.2, -0.15) is 0 Å². The second-order valence-electron chi connectivity index (χ2n) is 11.9. The molecule has 0 bridgehead atoms. The fraction of sp³-hybridized carbons (Fsp3) is 0.533. The summed E-state index contributed by atoms with van der Waals surface area (Å²) in [5, 5.41) is 17.9. The molecule has 8 heteroatoms. The third-order valence-electron chi connectivity index (χ3n) is 7.68. The summed E-state index contributed by atoms with van der Waals surface area (Å²) in [6, 6.07) is 8.28. The third-order valence-corrected chi connectivity index (χ3v) is 7.68. The number of carboxylic acid groups (broad SMARTS) is 1. The van der Waals surface area contributed by atoms with Crippen LogP contribution in [0.15, 0.2) is 24.3 Å². The first kappa shape index (κ1) is 26.2.